The van der Waals surface area contributed by atoms with Crippen LogP contribution in [0.2, 0.25) is 0 Å². The van der Waals surface area contributed by atoms with Crippen molar-refractivity contribution in [3.63, 3.8) is 0 Å². The molecule has 3 rings (SSSR count). The largest absolute Gasteiger partial charge is 0.497 e. The van der Waals surface area contributed by atoms with Crippen LogP contribution in [0.5, 0.6) is 17.2 Å². The summed E-state index contributed by atoms with van der Waals surface area (Å²) in [7, 11) is -0.668. The van der Waals surface area contributed by atoms with Crippen molar-refractivity contribution >= 4 is 21.6 Å². The average Bonchev–Trinajstić information content (AvgIpc) is 2.85. The highest BCUT2D eigenvalue weighted by Crippen LogP contribution is 2.34. The third-order valence-electron chi connectivity index (χ3n) is 5.07. The van der Waals surface area contributed by atoms with E-state index in [1.54, 1.807) is 42.5 Å². The summed E-state index contributed by atoms with van der Waals surface area (Å²) < 4.78 is 55.2. The number of anilines is 1. The van der Waals surface area contributed by atoms with Crippen molar-refractivity contribution in [3.8, 4) is 17.2 Å². The van der Waals surface area contributed by atoms with Crippen LogP contribution in [0.25, 0.3) is 0 Å². The summed E-state index contributed by atoms with van der Waals surface area (Å²) in [6.07, 6.45) is 1.12. The van der Waals surface area contributed by atoms with Crippen molar-refractivity contribution in [2.24, 2.45) is 0 Å². The Morgan fingerprint density at radius 1 is 0.943 bits per heavy atom. The number of rotatable bonds is 11. The molecular weight excluding hydrogens is 475 g/mol. The lowest BCUT2D eigenvalue weighted by molar-refractivity contribution is 0.0947. The summed E-state index contributed by atoms with van der Waals surface area (Å²) in [5.74, 6) is 0.757. The highest BCUT2D eigenvalue weighted by Gasteiger charge is 2.22. The minimum Gasteiger partial charge on any atom is -0.497 e. The lowest BCUT2D eigenvalue weighted by atomic mass is 10.1. The lowest BCUT2D eigenvalue weighted by Gasteiger charge is -2.24. The van der Waals surface area contributed by atoms with E-state index in [1.807, 2.05) is 0 Å². The van der Waals surface area contributed by atoms with Gasteiger partial charge in [0.2, 0.25) is 10.0 Å². The highest BCUT2D eigenvalue weighted by molar-refractivity contribution is 7.92. The van der Waals surface area contributed by atoms with E-state index < -0.39 is 10.0 Å². The van der Waals surface area contributed by atoms with Crippen LogP contribution in [0.15, 0.2) is 66.7 Å². The van der Waals surface area contributed by atoms with Crippen LogP contribution < -0.4 is 23.8 Å². The van der Waals surface area contributed by atoms with E-state index in [0.717, 1.165) is 6.26 Å². The first kappa shape index (κ1) is 25.8. The molecule has 0 radical (unpaired) electrons. The second-order valence-corrected chi connectivity index (χ2v) is 9.47. The maximum absolute atomic E-state index is 12.9. The number of benzene rings is 3. The first-order valence-corrected chi connectivity index (χ1v) is 12.5. The van der Waals surface area contributed by atoms with E-state index in [1.165, 1.54) is 42.8 Å². The number of carbonyl (C=O) groups is 1. The number of amides is 1. The Kier molecular flexibility index (Phi) is 8.53. The summed E-state index contributed by atoms with van der Waals surface area (Å²) in [6, 6.07) is 17.1. The van der Waals surface area contributed by atoms with Crippen LogP contribution in [0.3, 0.4) is 0 Å². The molecule has 0 aliphatic carbocycles. The van der Waals surface area contributed by atoms with Crippen molar-refractivity contribution < 1.29 is 31.8 Å². The molecule has 1 amide bonds. The van der Waals surface area contributed by atoms with E-state index >= 15 is 0 Å². The van der Waals surface area contributed by atoms with Gasteiger partial charge in [-0.15, -0.1) is 0 Å². The molecule has 0 bridgehead atoms. The van der Waals surface area contributed by atoms with Gasteiger partial charge in [0.25, 0.3) is 5.91 Å². The van der Waals surface area contributed by atoms with Crippen molar-refractivity contribution in [2.75, 3.05) is 37.9 Å². The van der Waals surface area contributed by atoms with E-state index in [4.69, 9.17) is 14.2 Å². The van der Waals surface area contributed by atoms with Crippen LogP contribution in [-0.4, -0.2) is 48.0 Å². The van der Waals surface area contributed by atoms with Gasteiger partial charge in [0, 0.05) is 11.6 Å². The summed E-state index contributed by atoms with van der Waals surface area (Å²) in [4.78, 5) is 12.4. The predicted octanol–water partition coefficient (Wildman–Crippen LogP) is 3.62. The number of sulfonamides is 1. The van der Waals surface area contributed by atoms with Crippen molar-refractivity contribution in [1.29, 1.82) is 0 Å². The highest BCUT2D eigenvalue weighted by atomic mass is 32.2. The maximum atomic E-state index is 12.9. The molecule has 1 N–H and O–H groups in total. The van der Waals surface area contributed by atoms with Crippen LogP contribution in [-0.2, 0) is 16.6 Å². The van der Waals surface area contributed by atoms with E-state index in [9.17, 15) is 17.6 Å². The average molecular weight is 503 g/mol. The third kappa shape index (κ3) is 7.10. The molecule has 3 aromatic rings. The van der Waals surface area contributed by atoms with Gasteiger partial charge in [-0.2, -0.15) is 0 Å². The Bertz CT molecular complexity index is 1250. The molecule has 3 aromatic carbocycles. The van der Waals surface area contributed by atoms with Gasteiger partial charge < -0.3 is 19.5 Å². The summed E-state index contributed by atoms with van der Waals surface area (Å²) in [5, 5.41) is 2.74. The molecule has 35 heavy (non-hydrogen) atoms. The van der Waals surface area contributed by atoms with Crippen LogP contribution in [0, 0.1) is 5.82 Å². The number of ether oxygens (including phenoxy) is 3. The normalized spacial score (nSPS) is 11.0. The summed E-state index contributed by atoms with van der Waals surface area (Å²) in [5.41, 5.74) is 1.48. The minimum absolute atomic E-state index is 0.0505. The second kappa shape index (κ2) is 11.6. The van der Waals surface area contributed by atoms with Gasteiger partial charge in [-0.25, -0.2) is 12.8 Å². The van der Waals surface area contributed by atoms with Crippen molar-refractivity contribution in [1.82, 2.24) is 5.32 Å². The van der Waals surface area contributed by atoms with E-state index in [2.05, 4.69) is 5.32 Å². The lowest BCUT2D eigenvalue weighted by Crippen LogP contribution is -2.30. The van der Waals surface area contributed by atoms with Crippen LogP contribution >= 0.6 is 0 Å². The minimum atomic E-state index is -3.64. The molecule has 10 heteroatoms. The predicted molar refractivity (Wildman–Crippen MR) is 131 cm³/mol. The zero-order valence-corrected chi connectivity index (χ0v) is 20.5. The first-order chi connectivity index (χ1) is 16.7. The number of hydrogen-bond acceptors (Lipinski definition) is 6. The second-order valence-electron chi connectivity index (χ2n) is 7.56. The van der Waals surface area contributed by atoms with Gasteiger partial charge in [0.1, 0.15) is 29.7 Å². The number of nitrogens with zero attached hydrogens (tertiary/aromatic N) is 1. The smallest absolute Gasteiger partial charge is 0.251 e. The zero-order chi connectivity index (χ0) is 25.4. The number of hydrogen-bond donors (Lipinski definition) is 1. The molecule has 0 saturated heterocycles. The SMILES string of the molecule is COc1ccc(N(Cc2ccc(C(=O)NCCOc3ccc(F)cc3)cc2)S(C)(=O)=O)c(OC)c1. The zero-order valence-electron chi connectivity index (χ0n) is 19.7. The van der Waals surface area contributed by atoms with E-state index in [0.29, 0.717) is 34.1 Å². The molecule has 0 saturated carbocycles. The molecule has 0 heterocycles. The Labute approximate surface area is 204 Å². The fraction of sp³-hybridized carbons (Fsp3) is 0.240. The monoisotopic (exact) mass is 502 g/mol. The van der Waals surface area contributed by atoms with Gasteiger partial charge in [-0.05, 0) is 54.1 Å². The standard InChI is InChI=1S/C25H27FN2O6S/c1-32-22-12-13-23(24(16-22)33-2)28(35(3,30)31)17-18-4-6-19(7-5-18)25(29)27-14-15-34-21-10-8-20(26)9-11-21/h4-13,16H,14-15,17H2,1-3H3,(H,27,29). The molecule has 0 aliphatic rings. The summed E-state index contributed by atoms with van der Waals surface area (Å²) in [6.45, 7) is 0.536. The summed E-state index contributed by atoms with van der Waals surface area (Å²) >= 11 is 0. The van der Waals surface area contributed by atoms with Crippen molar-refractivity contribution in [3.05, 3.63) is 83.7 Å². The Morgan fingerprint density at radius 3 is 2.20 bits per heavy atom. The van der Waals surface area contributed by atoms with Gasteiger partial charge in [0.15, 0.2) is 0 Å². The van der Waals surface area contributed by atoms with Crippen LogP contribution in [0.1, 0.15) is 15.9 Å². The molecule has 0 atom stereocenters. The number of halogens is 1. The Balaban J connectivity index is 1.63. The molecule has 0 aliphatic heterocycles. The topological polar surface area (TPSA) is 94.2 Å². The molecule has 0 unspecified atom stereocenters. The molecule has 0 fully saturated rings. The Morgan fingerprint density at radius 2 is 1.60 bits per heavy atom. The molecule has 186 valence electrons. The van der Waals surface area contributed by atoms with Gasteiger partial charge in [-0.1, -0.05) is 12.1 Å². The van der Waals surface area contributed by atoms with Crippen LogP contribution in [0.4, 0.5) is 10.1 Å². The fourth-order valence-corrected chi connectivity index (χ4v) is 4.16. The number of carbonyl (C=O) groups excluding carboxylic acids is 1. The van der Waals surface area contributed by atoms with Crippen molar-refractivity contribution in [2.45, 2.75) is 6.54 Å². The van der Waals surface area contributed by atoms with Gasteiger partial charge in [0.05, 0.1) is 39.3 Å². The Hall–Kier alpha value is -3.79. The maximum Gasteiger partial charge on any atom is 0.251 e. The third-order valence-corrected chi connectivity index (χ3v) is 6.19. The van der Waals surface area contributed by atoms with Gasteiger partial charge >= 0.3 is 0 Å². The molecule has 8 nitrogen and oxygen atoms in total. The molecule has 0 aromatic heterocycles. The quantitative estimate of drug-likeness (QED) is 0.403. The fourth-order valence-electron chi connectivity index (χ4n) is 3.27. The molecular formula is C25H27FN2O6S. The first-order valence-electron chi connectivity index (χ1n) is 10.7. The van der Waals surface area contributed by atoms with E-state index in [-0.39, 0.29) is 31.4 Å². The van der Waals surface area contributed by atoms with Gasteiger partial charge in [-0.3, -0.25) is 9.10 Å². The number of nitrogens with one attached hydrogen (secondary N) is 1. The number of methoxy groups -OCH3 is 2. The molecule has 0 spiro atoms.